The van der Waals surface area contributed by atoms with Gasteiger partial charge in [-0.3, -0.25) is 0 Å². The number of phenols is 2. The summed E-state index contributed by atoms with van der Waals surface area (Å²) in [5.74, 6) is -0.484. The Labute approximate surface area is 172 Å². The van der Waals surface area contributed by atoms with Crippen LogP contribution in [0.4, 0.5) is 24.5 Å². The number of anilines is 2. The average Bonchev–Trinajstić information content (AvgIpc) is 2.66. The van der Waals surface area contributed by atoms with Gasteiger partial charge >= 0.3 is 6.18 Å². The van der Waals surface area contributed by atoms with Gasteiger partial charge in [-0.2, -0.15) is 13.2 Å². The number of nitrogen functional groups attached to an aromatic ring is 2. The number of rotatable bonds is 2. The minimum Gasteiger partial charge on any atom is -0.506 e. The molecule has 2 unspecified atom stereocenters. The average molecular weight is 418 g/mol. The first-order chi connectivity index (χ1) is 14.1. The normalized spacial score (nSPS) is 31.8. The minimum absolute atomic E-state index is 0.0466. The lowest BCUT2D eigenvalue weighted by Gasteiger charge is -2.66. The first-order valence-electron chi connectivity index (χ1n) is 10.3. The summed E-state index contributed by atoms with van der Waals surface area (Å²) < 4.78 is 42.5. The summed E-state index contributed by atoms with van der Waals surface area (Å²) in [5, 5.41) is 19.9. The van der Waals surface area contributed by atoms with Gasteiger partial charge in [0.2, 0.25) is 0 Å². The van der Waals surface area contributed by atoms with Gasteiger partial charge in [-0.1, -0.05) is 12.1 Å². The Morgan fingerprint density at radius 3 is 1.67 bits per heavy atom. The Kier molecular flexibility index (Phi) is 3.87. The number of phenolic OH excluding ortho intramolecular Hbond substituents is 2. The van der Waals surface area contributed by atoms with Crippen molar-refractivity contribution in [3.05, 3.63) is 47.5 Å². The molecule has 4 fully saturated rings. The first-order valence-corrected chi connectivity index (χ1v) is 10.3. The Balaban J connectivity index is 1.74. The lowest BCUT2D eigenvalue weighted by molar-refractivity contribution is -0.282. The van der Waals surface area contributed by atoms with E-state index in [0.717, 1.165) is 24.0 Å². The Morgan fingerprint density at radius 1 is 0.800 bits per heavy atom. The van der Waals surface area contributed by atoms with Gasteiger partial charge in [0.25, 0.3) is 0 Å². The molecule has 6 N–H and O–H groups in total. The highest BCUT2D eigenvalue weighted by Gasteiger charge is 2.70. The Hall–Kier alpha value is -2.57. The van der Waals surface area contributed by atoms with Crippen molar-refractivity contribution in [2.24, 2.45) is 23.2 Å². The van der Waals surface area contributed by atoms with Gasteiger partial charge in [0, 0.05) is 5.41 Å². The maximum absolute atomic E-state index is 14.2. The monoisotopic (exact) mass is 418 g/mol. The highest BCUT2D eigenvalue weighted by Crippen LogP contribution is 2.72. The zero-order valence-electron chi connectivity index (χ0n) is 16.4. The minimum atomic E-state index is -4.23. The number of hydrogen-bond donors (Lipinski definition) is 4. The van der Waals surface area contributed by atoms with Crippen LogP contribution < -0.4 is 11.5 Å². The van der Waals surface area contributed by atoms with Crippen LogP contribution in [0.15, 0.2) is 36.4 Å². The largest absolute Gasteiger partial charge is 0.506 e. The van der Waals surface area contributed by atoms with Crippen LogP contribution in [0.3, 0.4) is 0 Å². The van der Waals surface area contributed by atoms with Crippen molar-refractivity contribution >= 4 is 11.4 Å². The standard InChI is InChI=1S/C23H25F3N2O2/c24-23(25,26)21-9-12-5-15(10-21)22(16(6-12)11-21,13-1-3-19(29)17(27)7-13)14-2-4-20(30)18(28)8-14/h1-4,7-8,12,15-16,29-30H,5-6,9-11,27-28H2. The molecule has 6 rings (SSSR count). The van der Waals surface area contributed by atoms with Crippen molar-refractivity contribution in [2.75, 3.05) is 11.5 Å². The lowest BCUT2D eigenvalue weighted by Crippen LogP contribution is -2.63. The Bertz CT molecular complexity index is 950. The maximum Gasteiger partial charge on any atom is 0.394 e. The number of aromatic hydroxyl groups is 2. The molecule has 4 aliphatic rings. The molecule has 0 spiro atoms. The van der Waals surface area contributed by atoms with Crippen LogP contribution in [0.2, 0.25) is 0 Å². The topological polar surface area (TPSA) is 92.5 Å². The molecule has 160 valence electrons. The molecule has 2 atom stereocenters. The zero-order valence-corrected chi connectivity index (χ0v) is 16.4. The number of alkyl halides is 3. The van der Waals surface area contributed by atoms with Crippen LogP contribution in [0.25, 0.3) is 0 Å². The molecule has 4 nitrogen and oxygen atoms in total. The summed E-state index contributed by atoms with van der Waals surface area (Å²) in [5.41, 5.74) is 11.7. The molecule has 0 amide bonds. The number of halogens is 3. The molecule has 4 aliphatic carbocycles. The van der Waals surface area contributed by atoms with E-state index in [0.29, 0.717) is 0 Å². The van der Waals surface area contributed by atoms with Crippen LogP contribution in [-0.4, -0.2) is 16.4 Å². The van der Waals surface area contributed by atoms with Crippen LogP contribution in [0, 0.1) is 23.2 Å². The summed E-state index contributed by atoms with van der Waals surface area (Å²) in [6, 6.07) is 9.97. The Morgan fingerprint density at radius 2 is 1.27 bits per heavy atom. The molecule has 4 bridgehead atoms. The van der Waals surface area contributed by atoms with Gasteiger partial charge in [0.1, 0.15) is 11.5 Å². The maximum atomic E-state index is 14.2. The fourth-order valence-electron chi connectivity index (χ4n) is 7.09. The molecule has 4 saturated carbocycles. The van der Waals surface area contributed by atoms with Crippen molar-refractivity contribution in [1.29, 1.82) is 0 Å². The van der Waals surface area contributed by atoms with Crippen molar-refractivity contribution in [3.63, 3.8) is 0 Å². The van der Waals surface area contributed by atoms with Crippen molar-refractivity contribution in [1.82, 2.24) is 0 Å². The van der Waals surface area contributed by atoms with Gasteiger partial charge in [0.15, 0.2) is 0 Å². The molecule has 0 heterocycles. The van der Waals surface area contributed by atoms with E-state index in [1.165, 1.54) is 12.1 Å². The third-order valence-corrected chi connectivity index (χ3v) is 8.09. The summed E-state index contributed by atoms with van der Waals surface area (Å²) in [6.07, 6.45) is -2.42. The predicted octanol–water partition coefficient (Wildman–Crippen LogP) is 4.94. The van der Waals surface area contributed by atoms with E-state index in [4.69, 9.17) is 11.5 Å². The molecule has 2 aromatic rings. The lowest BCUT2D eigenvalue weighted by atomic mass is 9.38. The molecular weight excluding hydrogens is 393 g/mol. The van der Waals surface area contributed by atoms with Gasteiger partial charge in [-0.05, 0) is 85.3 Å². The molecule has 0 saturated heterocycles. The fraction of sp³-hybridized carbons (Fsp3) is 0.478. The zero-order chi connectivity index (χ0) is 21.5. The van der Waals surface area contributed by atoms with E-state index in [-0.39, 0.29) is 59.9 Å². The molecular formula is C23H25F3N2O2. The van der Waals surface area contributed by atoms with Crippen molar-refractivity contribution < 1.29 is 23.4 Å². The first kappa shape index (κ1) is 19.4. The third kappa shape index (κ3) is 2.41. The summed E-state index contributed by atoms with van der Waals surface area (Å²) in [4.78, 5) is 0. The van der Waals surface area contributed by atoms with Gasteiger partial charge in [-0.15, -0.1) is 0 Å². The SMILES string of the molecule is Nc1cc(C2(c3ccc(O)c(N)c3)C3CC4CC2CC(C(F)(F)F)(C4)C3)ccc1O. The van der Waals surface area contributed by atoms with E-state index >= 15 is 0 Å². The molecule has 30 heavy (non-hydrogen) atoms. The number of nitrogens with two attached hydrogens (primary N) is 2. The third-order valence-electron chi connectivity index (χ3n) is 8.09. The van der Waals surface area contributed by atoms with E-state index in [1.54, 1.807) is 24.3 Å². The molecule has 2 aromatic carbocycles. The smallest absolute Gasteiger partial charge is 0.394 e. The van der Waals surface area contributed by atoms with Crippen LogP contribution in [-0.2, 0) is 5.41 Å². The second-order valence-electron chi connectivity index (χ2n) is 9.54. The van der Waals surface area contributed by atoms with Crippen molar-refractivity contribution in [3.8, 4) is 11.5 Å². The van der Waals surface area contributed by atoms with Crippen molar-refractivity contribution in [2.45, 2.75) is 43.7 Å². The quantitative estimate of drug-likeness (QED) is 0.411. The summed E-state index contributed by atoms with van der Waals surface area (Å²) in [6.45, 7) is 0. The predicted molar refractivity (Wildman–Crippen MR) is 108 cm³/mol. The molecule has 0 aromatic heterocycles. The number of hydrogen-bond acceptors (Lipinski definition) is 4. The van der Waals surface area contributed by atoms with E-state index in [2.05, 4.69) is 0 Å². The number of benzene rings is 2. The molecule has 7 heteroatoms. The summed E-state index contributed by atoms with van der Waals surface area (Å²) >= 11 is 0. The van der Waals surface area contributed by atoms with E-state index < -0.39 is 17.0 Å². The highest BCUT2D eigenvalue weighted by atomic mass is 19.4. The summed E-state index contributed by atoms with van der Waals surface area (Å²) in [7, 11) is 0. The second kappa shape index (κ2) is 5.99. The highest BCUT2D eigenvalue weighted by molar-refractivity contribution is 5.61. The molecule has 0 aliphatic heterocycles. The van der Waals surface area contributed by atoms with Gasteiger partial charge in [-0.25, -0.2) is 0 Å². The second-order valence-corrected chi connectivity index (χ2v) is 9.54. The van der Waals surface area contributed by atoms with E-state index in [9.17, 15) is 23.4 Å². The van der Waals surface area contributed by atoms with Gasteiger partial charge < -0.3 is 21.7 Å². The van der Waals surface area contributed by atoms with Crippen LogP contribution in [0.5, 0.6) is 11.5 Å². The van der Waals surface area contributed by atoms with Crippen LogP contribution >= 0.6 is 0 Å². The molecule has 0 radical (unpaired) electrons. The van der Waals surface area contributed by atoms with Crippen LogP contribution in [0.1, 0.15) is 43.2 Å². The van der Waals surface area contributed by atoms with Gasteiger partial charge in [0.05, 0.1) is 16.8 Å². The fourth-order valence-corrected chi connectivity index (χ4v) is 7.09. The van der Waals surface area contributed by atoms with E-state index in [1.807, 2.05) is 0 Å².